The number of para-hydroxylation sites is 1. The number of rotatable bonds is 5. The van der Waals surface area contributed by atoms with Gasteiger partial charge < -0.3 is 15.0 Å². The molecule has 0 saturated carbocycles. The third-order valence-corrected chi connectivity index (χ3v) is 4.90. The maximum atomic E-state index is 9.17. The highest BCUT2D eigenvalue weighted by Gasteiger charge is 2.22. The fraction of sp³-hybridized carbons (Fsp3) is 0.333. The Bertz CT molecular complexity index is 917. The quantitative estimate of drug-likeness (QED) is 0.624. The van der Waals surface area contributed by atoms with E-state index in [4.69, 9.17) is 9.97 Å². The molecule has 1 aliphatic rings. The van der Waals surface area contributed by atoms with Crippen molar-refractivity contribution in [3.63, 3.8) is 0 Å². The topological polar surface area (TPSA) is 71.0 Å². The van der Waals surface area contributed by atoms with Gasteiger partial charge in [-0.3, -0.25) is 4.98 Å². The number of aldehydes is 1. The molecule has 1 N–H and O–H groups in total. The van der Waals surface area contributed by atoms with Crippen LogP contribution in [0.2, 0.25) is 0 Å². The Morgan fingerprint density at radius 1 is 1.17 bits per heavy atom. The third kappa shape index (κ3) is 6.19. The Morgan fingerprint density at radius 2 is 1.97 bits per heavy atom. The van der Waals surface area contributed by atoms with Gasteiger partial charge in [0.05, 0.1) is 5.69 Å². The van der Waals surface area contributed by atoms with Gasteiger partial charge in [-0.25, -0.2) is 9.97 Å². The van der Waals surface area contributed by atoms with E-state index in [0.717, 1.165) is 54.4 Å². The van der Waals surface area contributed by atoms with Crippen molar-refractivity contribution in [2.75, 3.05) is 25.5 Å². The lowest BCUT2D eigenvalue weighted by atomic mass is 9.97. The van der Waals surface area contributed by atoms with Crippen LogP contribution < -0.4 is 5.32 Å². The summed E-state index contributed by atoms with van der Waals surface area (Å²) in [5.41, 5.74) is 2.95. The summed E-state index contributed by atoms with van der Waals surface area (Å²) in [6.45, 7) is 3.96. The number of piperidine rings is 1. The van der Waals surface area contributed by atoms with Gasteiger partial charge in [-0.05, 0) is 50.7 Å². The number of carbonyl (C=O) groups excluding carboxylic acids is 1. The summed E-state index contributed by atoms with van der Waals surface area (Å²) < 4.78 is 0. The summed E-state index contributed by atoms with van der Waals surface area (Å²) >= 11 is 0. The summed E-state index contributed by atoms with van der Waals surface area (Å²) in [6.07, 6.45) is 7.46. The maximum absolute atomic E-state index is 9.17. The lowest BCUT2D eigenvalue weighted by Gasteiger charge is -2.29. The van der Waals surface area contributed by atoms with Crippen LogP contribution in [0.25, 0.3) is 11.3 Å². The van der Waals surface area contributed by atoms with E-state index in [1.165, 1.54) is 6.42 Å². The molecule has 156 valence electrons. The Labute approximate surface area is 178 Å². The Morgan fingerprint density at radius 3 is 2.63 bits per heavy atom. The number of nitrogens with zero attached hydrogens (tertiary/aromatic N) is 4. The molecule has 4 rings (SSSR count). The molecule has 1 atom stereocenters. The molecule has 30 heavy (non-hydrogen) atoms. The van der Waals surface area contributed by atoms with E-state index < -0.39 is 0 Å². The van der Waals surface area contributed by atoms with Crippen LogP contribution in [0.4, 0.5) is 11.5 Å². The van der Waals surface area contributed by atoms with Crippen molar-refractivity contribution in [2.24, 2.45) is 0 Å². The van der Waals surface area contributed by atoms with Gasteiger partial charge in [-0.1, -0.05) is 25.1 Å². The predicted molar refractivity (Wildman–Crippen MR) is 121 cm³/mol. The second-order valence-electron chi connectivity index (χ2n) is 7.41. The molecule has 6 heteroatoms. The molecule has 2 aromatic heterocycles. The number of anilines is 2. The Hall–Kier alpha value is -3.12. The number of aromatic nitrogens is 3. The number of hydrogen-bond acceptors (Lipinski definition) is 6. The van der Waals surface area contributed by atoms with Crippen molar-refractivity contribution in [1.82, 2.24) is 19.9 Å². The van der Waals surface area contributed by atoms with Crippen LogP contribution in [0.5, 0.6) is 0 Å². The molecule has 1 aromatic carbocycles. The minimum absolute atomic E-state index is 0.363. The lowest BCUT2D eigenvalue weighted by molar-refractivity contribution is -0.107. The molecule has 1 aliphatic heterocycles. The summed E-state index contributed by atoms with van der Waals surface area (Å²) in [5, 5.41) is 3.42. The van der Waals surface area contributed by atoms with E-state index in [2.05, 4.69) is 22.2 Å². The van der Waals surface area contributed by atoms with E-state index in [9.17, 15) is 4.79 Å². The molecular weight excluding hydrogens is 374 g/mol. The first-order valence-electron chi connectivity index (χ1n) is 10.4. The molecule has 0 amide bonds. The average molecular weight is 404 g/mol. The lowest BCUT2D eigenvalue weighted by Crippen LogP contribution is -2.31. The average Bonchev–Trinajstić information content (AvgIpc) is 2.80. The molecule has 0 radical (unpaired) electrons. The van der Waals surface area contributed by atoms with Crippen LogP contribution in [-0.4, -0.2) is 46.3 Å². The monoisotopic (exact) mass is 403 g/mol. The van der Waals surface area contributed by atoms with Gasteiger partial charge in [0.15, 0.2) is 0 Å². The summed E-state index contributed by atoms with van der Waals surface area (Å²) in [6, 6.07) is 16.1. The fourth-order valence-corrected chi connectivity index (χ4v) is 3.42. The first-order chi connectivity index (χ1) is 14.7. The molecule has 3 aromatic rings. The number of carbonyl (C=O) groups is 1. The molecule has 1 saturated heterocycles. The van der Waals surface area contributed by atoms with E-state index in [1.54, 1.807) is 6.20 Å². The smallest absolute Gasteiger partial charge is 0.135 e. The van der Waals surface area contributed by atoms with Crippen molar-refractivity contribution in [3.8, 4) is 11.3 Å². The van der Waals surface area contributed by atoms with E-state index in [0.29, 0.717) is 12.3 Å². The number of likely N-dealkylation sites (tertiary alicyclic amines) is 1. The van der Waals surface area contributed by atoms with Crippen LogP contribution in [0.15, 0.2) is 60.9 Å². The van der Waals surface area contributed by atoms with Gasteiger partial charge in [0.1, 0.15) is 17.9 Å². The van der Waals surface area contributed by atoms with Crippen molar-refractivity contribution < 1.29 is 4.79 Å². The largest absolute Gasteiger partial charge is 0.340 e. The zero-order chi connectivity index (χ0) is 21.2. The minimum atomic E-state index is 0.363. The van der Waals surface area contributed by atoms with Gasteiger partial charge in [0, 0.05) is 48.6 Å². The van der Waals surface area contributed by atoms with Crippen molar-refractivity contribution in [1.29, 1.82) is 0 Å². The molecule has 0 spiro atoms. The first kappa shape index (κ1) is 21.6. The highest BCUT2D eigenvalue weighted by atomic mass is 16.1. The fourth-order valence-electron chi connectivity index (χ4n) is 3.42. The number of benzene rings is 1. The predicted octanol–water partition coefficient (Wildman–Crippen LogP) is 4.69. The number of pyridine rings is 1. The van der Waals surface area contributed by atoms with Gasteiger partial charge in [-0.2, -0.15) is 0 Å². The second kappa shape index (κ2) is 11.2. The van der Waals surface area contributed by atoms with Crippen LogP contribution in [0, 0.1) is 0 Å². The van der Waals surface area contributed by atoms with Gasteiger partial charge >= 0.3 is 0 Å². The van der Waals surface area contributed by atoms with Crippen molar-refractivity contribution in [3.05, 3.63) is 66.7 Å². The Kier molecular flexibility index (Phi) is 8.03. The molecule has 0 aliphatic carbocycles. The van der Waals surface area contributed by atoms with E-state index in [1.807, 2.05) is 61.7 Å². The molecule has 1 unspecified atom stereocenters. The van der Waals surface area contributed by atoms with Gasteiger partial charge in [-0.15, -0.1) is 0 Å². The highest BCUT2D eigenvalue weighted by molar-refractivity contribution is 5.65. The maximum Gasteiger partial charge on any atom is 0.135 e. The molecule has 1 fully saturated rings. The van der Waals surface area contributed by atoms with E-state index >= 15 is 0 Å². The number of nitrogens with one attached hydrogen (secondary N) is 1. The Balaban J connectivity index is 0.000000589. The zero-order valence-electron chi connectivity index (χ0n) is 17.7. The minimum Gasteiger partial charge on any atom is -0.340 e. The molecule has 6 nitrogen and oxygen atoms in total. The zero-order valence-corrected chi connectivity index (χ0v) is 17.7. The van der Waals surface area contributed by atoms with Crippen LogP contribution in [0.1, 0.15) is 37.9 Å². The molecule has 3 heterocycles. The molecule has 0 bridgehead atoms. The third-order valence-electron chi connectivity index (χ3n) is 4.90. The van der Waals surface area contributed by atoms with Crippen LogP contribution in [-0.2, 0) is 4.79 Å². The summed E-state index contributed by atoms with van der Waals surface area (Å²) in [4.78, 5) is 25.5. The first-order valence-corrected chi connectivity index (χ1v) is 10.4. The van der Waals surface area contributed by atoms with Crippen molar-refractivity contribution in [2.45, 2.75) is 32.1 Å². The van der Waals surface area contributed by atoms with Gasteiger partial charge in [0.2, 0.25) is 0 Å². The number of likely N-dealkylation sites (N-methyl/N-ethyl adjacent to an activating group) is 1. The number of hydrogen-bond donors (Lipinski definition) is 1. The summed E-state index contributed by atoms with van der Waals surface area (Å²) in [5.74, 6) is 2.10. The van der Waals surface area contributed by atoms with Crippen LogP contribution >= 0.6 is 0 Å². The van der Waals surface area contributed by atoms with Gasteiger partial charge in [0.25, 0.3) is 0 Å². The highest BCUT2D eigenvalue weighted by Crippen LogP contribution is 2.28. The molecular formula is C24H29N5O. The van der Waals surface area contributed by atoms with E-state index in [-0.39, 0.29) is 0 Å². The van der Waals surface area contributed by atoms with Crippen molar-refractivity contribution >= 4 is 17.8 Å². The van der Waals surface area contributed by atoms with Crippen LogP contribution in [0.3, 0.4) is 0 Å². The normalized spacial score (nSPS) is 16.3. The summed E-state index contributed by atoms with van der Waals surface area (Å²) in [7, 11) is 2.17. The SMILES string of the molecule is CCC=O.CN1CCCC(c2nc(Nc3ccccc3)cc(-c3cccnc3)n2)C1. The standard InChI is InChI=1S/C21H23N5.C3H6O/c1-26-12-6-8-17(15-26)21-24-19(16-7-5-11-22-14-16)13-20(25-21)23-18-9-3-2-4-10-18;1-2-3-4/h2-5,7,9-11,13-14,17H,6,8,12,15H2,1H3,(H,23,24,25);3H,2H2,1H3. The second-order valence-corrected chi connectivity index (χ2v) is 7.41.